The van der Waals surface area contributed by atoms with Gasteiger partial charge in [-0.3, -0.25) is 4.79 Å². The number of aliphatic carboxylic acids is 1. The summed E-state index contributed by atoms with van der Waals surface area (Å²) >= 11 is 0. The van der Waals surface area contributed by atoms with E-state index >= 15 is 0 Å². The summed E-state index contributed by atoms with van der Waals surface area (Å²) in [6.07, 6.45) is 2.16. The fourth-order valence-corrected chi connectivity index (χ4v) is 0.632. The fourth-order valence-electron chi connectivity index (χ4n) is 0.632. The molecular formula is C12H32N2O2. The number of rotatable bonds is 5. The van der Waals surface area contributed by atoms with Crippen molar-refractivity contribution in [2.75, 3.05) is 6.54 Å². The Morgan fingerprint density at radius 2 is 1.44 bits per heavy atom. The summed E-state index contributed by atoms with van der Waals surface area (Å²) in [5.74, 6) is -0.933. The third-order valence-corrected chi connectivity index (χ3v) is 1.29. The molecule has 5 N–H and O–H groups in total. The third kappa shape index (κ3) is 29.2. The largest absolute Gasteiger partial charge is 0.480 e. The molecule has 0 amide bonds. The lowest BCUT2D eigenvalue weighted by atomic mass is 10.1. The molecule has 0 aliphatic carbocycles. The summed E-state index contributed by atoms with van der Waals surface area (Å²) in [7, 11) is 0. The number of carbonyl (C=O) groups is 1. The Balaban J connectivity index is -0.000000103. The first-order valence-electron chi connectivity index (χ1n) is 6.37. The fraction of sp³-hybridized carbons (Fsp3) is 0.917. The zero-order valence-corrected chi connectivity index (χ0v) is 11.9. The molecule has 0 aliphatic rings. The maximum absolute atomic E-state index is 10.1. The van der Waals surface area contributed by atoms with E-state index in [1.54, 1.807) is 0 Å². The number of hydrogen-bond acceptors (Lipinski definition) is 3. The van der Waals surface area contributed by atoms with E-state index in [0.29, 0.717) is 13.0 Å². The van der Waals surface area contributed by atoms with Crippen LogP contribution < -0.4 is 11.5 Å². The van der Waals surface area contributed by atoms with E-state index in [1.807, 2.05) is 41.5 Å². The van der Waals surface area contributed by atoms with E-state index < -0.39 is 12.0 Å². The van der Waals surface area contributed by atoms with E-state index in [9.17, 15) is 4.79 Å². The summed E-state index contributed by atoms with van der Waals surface area (Å²) in [4.78, 5) is 10.1. The molecule has 0 aromatic carbocycles. The van der Waals surface area contributed by atoms with Crippen LogP contribution in [0.2, 0.25) is 0 Å². The SMILES string of the molecule is CC.CC.CC.NCCCCC(N)C(=O)O. The van der Waals surface area contributed by atoms with Gasteiger partial charge in [0, 0.05) is 0 Å². The average molecular weight is 236 g/mol. The number of unbranched alkanes of at least 4 members (excludes halogenated alkanes) is 1. The highest BCUT2D eigenvalue weighted by molar-refractivity contribution is 5.72. The number of carboxylic acids is 1. The van der Waals surface area contributed by atoms with Crippen molar-refractivity contribution >= 4 is 5.97 Å². The van der Waals surface area contributed by atoms with Gasteiger partial charge < -0.3 is 16.6 Å². The van der Waals surface area contributed by atoms with Crippen LogP contribution in [0.5, 0.6) is 0 Å². The second-order valence-electron chi connectivity index (χ2n) is 2.23. The lowest BCUT2D eigenvalue weighted by Gasteiger charge is -2.03. The van der Waals surface area contributed by atoms with Crippen molar-refractivity contribution in [1.29, 1.82) is 0 Å². The summed E-state index contributed by atoms with van der Waals surface area (Å²) in [5, 5.41) is 8.33. The lowest BCUT2D eigenvalue weighted by Crippen LogP contribution is -2.29. The van der Waals surface area contributed by atoms with E-state index in [-0.39, 0.29) is 0 Å². The second-order valence-corrected chi connectivity index (χ2v) is 2.23. The molecule has 0 aromatic rings. The summed E-state index contributed by atoms with van der Waals surface area (Å²) in [6.45, 7) is 12.6. The van der Waals surface area contributed by atoms with Gasteiger partial charge in [-0.2, -0.15) is 0 Å². The maximum atomic E-state index is 10.1. The third-order valence-electron chi connectivity index (χ3n) is 1.29. The number of nitrogens with two attached hydrogens (primary N) is 2. The van der Waals surface area contributed by atoms with Gasteiger partial charge in [0.1, 0.15) is 6.04 Å². The smallest absolute Gasteiger partial charge is 0.320 e. The van der Waals surface area contributed by atoms with Crippen LogP contribution in [0.4, 0.5) is 0 Å². The van der Waals surface area contributed by atoms with Crippen LogP contribution in [0.1, 0.15) is 60.8 Å². The van der Waals surface area contributed by atoms with Crippen LogP contribution in [-0.4, -0.2) is 23.7 Å². The first kappa shape index (κ1) is 24.6. The van der Waals surface area contributed by atoms with Crippen LogP contribution in [0.3, 0.4) is 0 Å². The molecule has 0 fully saturated rings. The minimum absolute atomic E-state index is 0.520. The highest BCUT2D eigenvalue weighted by Gasteiger charge is 2.09. The van der Waals surface area contributed by atoms with Gasteiger partial charge in [0.2, 0.25) is 0 Å². The standard InChI is InChI=1S/C6H14N2O2.3C2H6/c7-4-2-1-3-5(8)6(9)10;3*1-2/h5H,1-4,7-8H2,(H,9,10);3*1-2H3. The number of hydrogen-bond donors (Lipinski definition) is 3. The van der Waals surface area contributed by atoms with Crippen molar-refractivity contribution in [3.05, 3.63) is 0 Å². The van der Waals surface area contributed by atoms with Crippen molar-refractivity contribution in [1.82, 2.24) is 0 Å². The van der Waals surface area contributed by atoms with Gasteiger partial charge in [-0.05, 0) is 19.4 Å². The molecule has 4 heteroatoms. The molecule has 0 bridgehead atoms. The molecule has 1 atom stereocenters. The molecule has 4 nitrogen and oxygen atoms in total. The van der Waals surface area contributed by atoms with Gasteiger partial charge in [-0.15, -0.1) is 0 Å². The summed E-state index contributed by atoms with van der Waals surface area (Å²) in [6, 6.07) is -0.716. The second kappa shape index (κ2) is 29.3. The molecule has 1 unspecified atom stereocenters. The highest BCUT2D eigenvalue weighted by Crippen LogP contribution is 1.96. The Morgan fingerprint density at radius 3 is 1.69 bits per heavy atom. The van der Waals surface area contributed by atoms with Crippen LogP contribution in [0.25, 0.3) is 0 Å². The molecule has 102 valence electrons. The topological polar surface area (TPSA) is 89.3 Å². The van der Waals surface area contributed by atoms with E-state index in [1.165, 1.54) is 0 Å². The predicted molar refractivity (Wildman–Crippen MR) is 72.6 cm³/mol. The zero-order valence-electron chi connectivity index (χ0n) is 11.9. The molecule has 0 heterocycles. The molecule has 16 heavy (non-hydrogen) atoms. The van der Waals surface area contributed by atoms with Crippen molar-refractivity contribution in [2.45, 2.75) is 66.8 Å². The van der Waals surface area contributed by atoms with Gasteiger partial charge >= 0.3 is 5.97 Å². The molecular weight excluding hydrogens is 204 g/mol. The predicted octanol–water partition coefficient (Wildman–Crippen LogP) is 2.61. The van der Waals surface area contributed by atoms with E-state index in [4.69, 9.17) is 16.6 Å². The molecule has 0 aromatic heterocycles. The molecule has 0 aliphatic heterocycles. The van der Waals surface area contributed by atoms with Gasteiger partial charge in [-0.25, -0.2) is 0 Å². The van der Waals surface area contributed by atoms with E-state index in [0.717, 1.165) is 12.8 Å². The Morgan fingerprint density at radius 1 is 1.06 bits per heavy atom. The van der Waals surface area contributed by atoms with Crippen LogP contribution in [0, 0.1) is 0 Å². The first-order valence-corrected chi connectivity index (χ1v) is 6.37. The van der Waals surface area contributed by atoms with Crippen molar-refractivity contribution in [3.63, 3.8) is 0 Å². The first-order chi connectivity index (χ1) is 7.68. The number of carboxylic acid groups (broad SMARTS) is 1. The minimum atomic E-state index is -0.933. The van der Waals surface area contributed by atoms with Gasteiger partial charge in [-0.1, -0.05) is 48.0 Å². The van der Waals surface area contributed by atoms with Crippen LogP contribution in [0.15, 0.2) is 0 Å². The Hall–Kier alpha value is -0.610. The van der Waals surface area contributed by atoms with Gasteiger partial charge in [0.25, 0.3) is 0 Å². The molecule has 0 radical (unpaired) electrons. The Kier molecular flexibility index (Phi) is 44.9. The minimum Gasteiger partial charge on any atom is -0.480 e. The zero-order chi connectivity index (χ0) is 14.0. The van der Waals surface area contributed by atoms with Crippen molar-refractivity contribution in [3.8, 4) is 0 Å². The van der Waals surface area contributed by atoms with Crippen molar-refractivity contribution in [2.24, 2.45) is 11.5 Å². The van der Waals surface area contributed by atoms with Crippen LogP contribution in [-0.2, 0) is 4.79 Å². The molecule has 0 saturated heterocycles. The Bertz CT molecular complexity index is 109. The van der Waals surface area contributed by atoms with Gasteiger partial charge in [0.15, 0.2) is 0 Å². The highest BCUT2D eigenvalue weighted by atomic mass is 16.4. The Labute approximate surface area is 101 Å². The maximum Gasteiger partial charge on any atom is 0.320 e. The van der Waals surface area contributed by atoms with E-state index in [2.05, 4.69) is 0 Å². The van der Waals surface area contributed by atoms with Crippen LogP contribution >= 0.6 is 0 Å². The lowest BCUT2D eigenvalue weighted by molar-refractivity contribution is -0.138. The summed E-state index contributed by atoms with van der Waals surface area (Å²) < 4.78 is 0. The molecule has 0 spiro atoms. The quantitative estimate of drug-likeness (QED) is 0.640. The monoisotopic (exact) mass is 236 g/mol. The normalized spacial score (nSPS) is 9.25. The summed E-state index contributed by atoms with van der Waals surface area (Å²) in [5.41, 5.74) is 10.4. The van der Waals surface area contributed by atoms with Gasteiger partial charge in [0.05, 0.1) is 0 Å². The molecule has 0 saturated carbocycles. The molecule has 0 rings (SSSR count). The van der Waals surface area contributed by atoms with Crippen molar-refractivity contribution < 1.29 is 9.90 Å². The average Bonchev–Trinajstić information content (AvgIpc) is 2.36.